The SMILES string of the molecule is O=C(O)C1CC2CCN(C2)C1. The van der Waals surface area contributed by atoms with Gasteiger partial charge in [0.2, 0.25) is 0 Å². The Hall–Kier alpha value is -0.570. The molecule has 0 aliphatic carbocycles. The van der Waals surface area contributed by atoms with E-state index in [1.54, 1.807) is 0 Å². The van der Waals surface area contributed by atoms with Crippen LogP contribution in [0.2, 0.25) is 0 Å². The molecule has 1 N–H and O–H groups in total. The monoisotopic (exact) mass is 155 g/mol. The van der Waals surface area contributed by atoms with E-state index in [0.717, 1.165) is 26.1 Å². The van der Waals surface area contributed by atoms with E-state index in [4.69, 9.17) is 5.11 Å². The van der Waals surface area contributed by atoms with Gasteiger partial charge in [0.15, 0.2) is 0 Å². The molecular formula is C8H13NO2. The standard InChI is InChI=1S/C8H13NO2/c10-8(11)7-3-6-1-2-9(4-6)5-7/h6-7H,1-5H2,(H,10,11). The lowest BCUT2D eigenvalue weighted by Crippen LogP contribution is -2.36. The summed E-state index contributed by atoms with van der Waals surface area (Å²) in [7, 11) is 0. The number of carbonyl (C=O) groups is 1. The summed E-state index contributed by atoms with van der Waals surface area (Å²) in [6.07, 6.45) is 2.12. The van der Waals surface area contributed by atoms with Gasteiger partial charge in [-0.1, -0.05) is 0 Å². The minimum Gasteiger partial charge on any atom is -0.481 e. The van der Waals surface area contributed by atoms with E-state index in [0.29, 0.717) is 5.92 Å². The molecule has 2 rings (SSSR count). The van der Waals surface area contributed by atoms with E-state index in [2.05, 4.69) is 4.90 Å². The van der Waals surface area contributed by atoms with Crippen LogP contribution in [0.15, 0.2) is 0 Å². The molecular weight excluding hydrogens is 142 g/mol. The van der Waals surface area contributed by atoms with Crippen molar-refractivity contribution >= 4 is 5.97 Å². The van der Waals surface area contributed by atoms with Crippen molar-refractivity contribution in [2.75, 3.05) is 19.6 Å². The summed E-state index contributed by atoms with van der Waals surface area (Å²) in [6, 6.07) is 0. The Labute approximate surface area is 66.0 Å². The summed E-state index contributed by atoms with van der Waals surface area (Å²) in [6.45, 7) is 3.05. The maximum atomic E-state index is 10.6. The first-order valence-corrected chi connectivity index (χ1v) is 4.21. The molecule has 2 aliphatic heterocycles. The normalized spacial score (nSPS) is 42.4. The molecule has 3 heteroatoms. The lowest BCUT2D eigenvalue weighted by atomic mass is 9.92. The van der Waals surface area contributed by atoms with Gasteiger partial charge in [-0.15, -0.1) is 0 Å². The van der Waals surface area contributed by atoms with Gasteiger partial charge in [0.1, 0.15) is 0 Å². The topological polar surface area (TPSA) is 40.5 Å². The smallest absolute Gasteiger partial charge is 0.307 e. The van der Waals surface area contributed by atoms with E-state index in [1.807, 2.05) is 0 Å². The van der Waals surface area contributed by atoms with Crippen LogP contribution in [0.25, 0.3) is 0 Å². The van der Waals surface area contributed by atoms with Crippen molar-refractivity contribution in [2.45, 2.75) is 12.8 Å². The fourth-order valence-corrected chi connectivity index (χ4v) is 2.24. The molecule has 3 atom stereocenters. The van der Waals surface area contributed by atoms with Crippen LogP contribution < -0.4 is 0 Å². The summed E-state index contributed by atoms with van der Waals surface area (Å²) in [5.74, 6) is -0.0253. The molecule has 2 heterocycles. The highest BCUT2D eigenvalue weighted by atomic mass is 16.4. The van der Waals surface area contributed by atoms with Gasteiger partial charge in [-0.2, -0.15) is 0 Å². The van der Waals surface area contributed by atoms with Crippen molar-refractivity contribution in [3.05, 3.63) is 0 Å². The highest BCUT2D eigenvalue weighted by Gasteiger charge is 2.35. The van der Waals surface area contributed by atoms with E-state index >= 15 is 0 Å². The summed E-state index contributed by atoms with van der Waals surface area (Å²) in [4.78, 5) is 12.9. The molecule has 0 amide bonds. The summed E-state index contributed by atoms with van der Waals surface area (Å²) in [5.41, 5.74) is 0. The van der Waals surface area contributed by atoms with Crippen LogP contribution >= 0.6 is 0 Å². The highest BCUT2D eigenvalue weighted by Crippen LogP contribution is 2.30. The van der Waals surface area contributed by atoms with E-state index in [1.165, 1.54) is 6.42 Å². The third-order valence-electron chi connectivity index (χ3n) is 2.82. The molecule has 11 heavy (non-hydrogen) atoms. The zero-order valence-electron chi connectivity index (χ0n) is 6.49. The van der Waals surface area contributed by atoms with Crippen molar-refractivity contribution in [1.29, 1.82) is 0 Å². The summed E-state index contributed by atoms with van der Waals surface area (Å²) in [5, 5.41) is 8.77. The van der Waals surface area contributed by atoms with Gasteiger partial charge in [-0.25, -0.2) is 0 Å². The first kappa shape index (κ1) is 7.10. The minimum atomic E-state index is -0.610. The number of carboxylic acid groups (broad SMARTS) is 1. The molecule has 0 aromatic heterocycles. The Bertz CT molecular complexity index is 169. The van der Waals surface area contributed by atoms with Gasteiger partial charge in [0.05, 0.1) is 5.92 Å². The number of fused-ring (bicyclic) bond motifs is 2. The van der Waals surface area contributed by atoms with Gasteiger partial charge in [-0.3, -0.25) is 4.79 Å². The quantitative estimate of drug-likeness (QED) is 0.596. The number of hydrogen-bond acceptors (Lipinski definition) is 2. The molecule has 0 radical (unpaired) electrons. The molecule has 62 valence electrons. The van der Waals surface area contributed by atoms with Crippen LogP contribution in [-0.4, -0.2) is 35.6 Å². The molecule has 2 saturated heterocycles. The van der Waals surface area contributed by atoms with Gasteiger partial charge in [0, 0.05) is 13.1 Å². The number of rotatable bonds is 1. The predicted molar refractivity (Wildman–Crippen MR) is 40.3 cm³/mol. The molecule has 0 aromatic carbocycles. The Morgan fingerprint density at radius 3 is 2.91 bits per heavy atom. The molecule has 0 aromatic rings. The van der Waals surface area contributed by atoms with E-state index < -0.39 is 5.97 Å². The first-order valence-electron chi connectivity index (χ1n) is 4.21. The Morgan fingerprint density at radius 1 is 1.45 bits per heavy atom. The summed E-state index contributed by atoms with van der Waals surface area (Å²) < 4.78 is 0. The Kier molecular flexibility index (Phi) is 1.60. The minimum absolute atomic E-state index is 0.0868. The van der Waals surface area contributed by atoms with E-state index in [-0.39, 0.29) is 5.92 Å². The molecule has 0 saturated carbocycles. The number of piperidine rings is 1. The maximum Gasteiger partial charge on any atom is 0.307 e. The van der Waals surface area contributed by atoms with Gasteiger partial charge in [-0.05, 0) is 25.3 Å². The fraction of sp³-hybridized carbons (Fsp3) is 0.875. The summed E-state index contributed by atoms with van der Waals surface area (Å²) >= 11 is 0. The van der Waals surface area contributed by atoms with Crippen molar-refractivity contribution in [3.63, 3.8) is 0 Å². The molecule has 2 aliphatic rings. The van der Waals surface area contributed by atoms with Crippen LogP contribution in [0.3, 0.4) is 0 Å². The molecule has 2 bridgehead atoms. The Balaban J connectivity index is 2.02. The average molecular weight is 155 g/mol. The second-order valence-electron chi connectivity index (χ2n) is 3.69. The number of nitrogens with zero attached hydrogens (tertiary/aromatic N) is 1. The molecule has 3 unspecified atom stereocenters. The third kappa shape index (κ3) is 1.25. The van der Waals surface area contributed by atoms with Crippen molar-refractivity contribution in [3.8, 4) is 0 Å². The second-order valence-corrected chi connectivity index (χ2v) is 3.69. The predicted octanol–water partition coefficient (Wildman–Crippen LogP) is 0.413. The first-order chi connectivity index (χ1) is 5.25. The number of carboxylic acids is 1. The highest BCUT2D eigenvalue weighted by molar-refractivity contribution is 5.70. The van der Waals surface area contributed by atoms with Crippen LogP contribution in [0.1, 0.15) is 12.8 Å². The van der Waals surface area contributed by atoms with Gasteiger partial charge >= 0.3 is 5.97 Å². The van der Waals surface area contributed by atoms with Crippen LogP contribution in [-0.2, 0) is 4.79 Å². The van der Waals surface area contributed by atoms with Crippen LogP contribution in [0, 0.1) is 11.8 Å². The van der Waals surface area contributed by atoms with Crippen molar-refractivity contribution in [1.82, 2.24) is 4.90 Å². The average Bonchev–Trinajstić information content (AvgIpc) is 2.30. The number of aliphatic carboxylic acids is 1. The van der Waals surface area contributed by atoms with Crippen molar-refractivity contribution in [2.24, 2.45) is 11.8 Å². The zero-order chi connectivity index (χ0) is 7.84. The Morgan fingerprint density at radius 2 is 2.27 bits per heavy atom. The zero-order valence-corrected chi connectivity index (χ0v) is 6.49. The maximum absolute atomic E-state index is 10.6. The molecule has 3 nitrogen and oxygen atoms in total. The molecule has 0 spiro atoms. The van der Waals surface area contributed by atoms with Crippen molar-refractivity contribution < 1.29 is 9.90 Å². The van der Waals surface area contributed by atoms with E-state index in [9.17, 15) is 4.79 Å². The molecule has 2 fully saturated rings. The number of hydrogen-bond donors (Lipinski definition) is 1. The lowest BCUT2D eigenvalue weighted by molar-refractivity contribution is -0.143. The van der Waals surface area contributed by atoms with Gasteiger partial charge in [0.25, 0.3) is 0 Å². The lowest BCUT2D eigenvalue weighted by Gasteiger charge is -2.26. The van der Waals surface area contributed by atoms with Gasteiger partial charge < -0.3 is 10.0 Å². The van der Waals surface area contributed by atoms with Crippen LogP contribution in [0.5, 0.6) is 0 Å². The second kappa shape index (κ2) is 2.48. The largest absolute Gasteiger partial charge is 0.481 e. The van der Waals surface area contributed by atoms with Crippen LogP contribution in [0.4, 0.5) is 0 Å². The fourth-order valence-electron chi connectivity index (χ4n) is 2.24. The third-order valence-corrected chi connectivity index (χ3v) is 2.82.